The second-order valence-electron chi connectivity index (χ2n) is 5.20. The summed E-state index contributed by atoms with van der Waals surface area (Å²) in [5.41, 5.74) is 1.19. The third-order valence-electron chi connectivity index (χ3n) is 3.16. The van der Waals surface area contributed by atoms with Gasteiger partial charge in [0.25, 0.3) is 0 Å². The molecular weight excluding hydrogens is 242 g/mol. The van der Waals surface area contributed by atoms with Crippen molar-refractivity contribution in [2.75, 3.05) is 33.2 Å². The van der Waals surface area contributed by atoms with Crippen LogP contribution in [0.5, 0.6) is 0 Å². The predicted octanol–water partition coefficient (Wildman–Crippen LogP) is 2.35. The molecule has 0 aromatic heterocycles. The highest BCUT2D eigenvalue weighted by Gasteiger charge is 2.38. The smallest absolute Gasteiger partial charge is 0.372 e. The third kappa shape index (κ3) is 3.34. The summed E-state index contributed by atoms with van der Waals surface area (Å²) in [6.45, 7) is 4.40. The van der Waals surface area contributed by atoms with Crippen molar-refractivity contribution in [2.45, 2.75) is 19.9 Å². The fourth-order valence-corrected chi connectivity index (χ4v) is 5.11. The van der Waals surface area contributed by atoms with Gasteiger partial charge in [0.15, 0.2) is 0 Å². The maximum absolute atomic E-state index is 5.79. The first-order valence-corrected chi connectivity index (χ1v) is 8.35. The van der Waals surface area contributed by atoms with E-state index in [1.54, 1.807) is 14.2 Å². The average Bonchev–Trinajstić information content (AvgIpc) is 2.36. The van der Waals surface area contributed by atoms with E-state index in [2.05, 4.69) is 43.0 Å². The van der Waals surface area contributed by atoms with Crippen LogP contribution < -0.4 is 10.1 Å². The molecule has 1 rings (SSSR count). The van der Waals surface area contributed by atoms with Crippen molar-refractivity contribution in [1.82, 2.24) is 0 Å². The number of anilines is 1. The molecule has 0 bridgehead atoms. The average molecular weight is 267 g/mol. The van der Waals surface area contributed by atoms with Crippen LogP contribution in [-0.4, -0.2) is 36.9 Å². The quantitative estimate of drug-likeness (QED) is 0.739. The molecular formula is C14H25NO2Si. The highest BCUT2D eigenvalue weighted by molar-refractivity contribution is 6.81. The van der Waals surface area contributed by atoms with Crippen molar-refractivity contribution in [3.05, 3.63) is 24.3 Å². The van der Waals surface area contributed by atoms with Gasteiger partial charge in [-0.1, -0.05) is 26.0 Å². The van der Waals surface area contributed by atoms with Crippen LogP contribution in [-0.2, 0) is 8.85 Å². The van der Waals surface area contributed by atoms with Gasteiger partial charge in [0.05, 0.1) is 0 Å². The van der Waals surface area contributed by atoms with E-state index < -0.39 is 8.56 Å². The molecule has 0 atom stereocenters. The number of rotatable bonds is 6. The molecule has 0 radical (unpaired) electrons. The number of benzene rings is 1. The van der Waals surface area contributed by atoms with Crippen LogP contribution in [0.4, 0.5) is 5.69 Å². The largest absolute Gasteiger partial charge is 0.394 e. The Bertz CT molecular complexity index is 359. The lowest BCUT2D eigenvalue weighted by atomic mass is 10.3. The van der Waals surface area contributed by atoms with Crippen LogP contribution in [0.1, 0.15) is 13.8 Å². The topological polar surface area (TPSA) is 21.7 Å². The Morgan fingerprint density at radius 2 is 1.56 bits per heavy atom. The van der Waals surface area contributed by atoms with E-state index in [1.807, 2.05) is 14.1 Å². The van der Waals surface area contributed by atoms with E-state index >= 15 is 0 Å². The van der Waals surface area contributed by atoms with E-state index in [0.29, 0.717) is 5.92 Å². The first-order valence-electron chi connectivity index (χ1n) is 6.33. The molecule has 0 aliphatic heterocycles. The fourth-order valence-electron chi connectivity index (χ4n) is 2.15. The summed E-state index contributed by atoms with van der Waals surface area (Å²) in [6, 6.07) is 9.49. The summed E-state index contributed by atoms with van der Waals surface area (Å²) >= 11 is 0. The third-order valence-corrected chi connectivity index (χ3v) is 7.05. The molecule has 0 heterocycles. The van der Waals surface area contributed by atoms with Gasteiger partial charge in [0, 0.05) is 34.0 Å². The van der Waals surface area contributed by atoms with Crippen molar-refractivity contribution in [3.63, 3.8) is 0 Å². The summed E-state index contributed by atoms with van der Waals surface area (Å²) in [7, 11) is 5.35. The van der Waals surface area contributed by atoms with Crippen molar-refractivity contribution in [1.29, 1.82) is 0 Å². The molecule has 0 amide bonds. The molecule has 1 aromatic carbocycles. The maximum Gasteiger partial charge on any atom is 0.372 e. The van der Waals surface area contributed by atoms with Crippen molar-refractivity contribution in [2.24, 2.45) is 5.92 Å². The van der Waals surface area contributed by atoms with Crippen LogP contribution >= 0.6 is 0 Å². The number of hydrogen-bond donors (Lipinski definition) is 0. The lowest BCUT2D eigenvalue weighted by molar-refractivity contribution is 0.252. The molecule has 4 heteroatoms. The molecule has 0 aliphatic rings. The summed E-state index contributed by atoms with van der Waals surface area (Å²) in [4.78, 5) is 2.09. The summed E-state index contributed by atoms with van der Waals surface area (Å²) in [5.74, 6) is 0.560. The zero-order chi connectivity index (χ0) is 13.8. The molecule has 102 valence electrons. The van der Waals surface area contributed by atoms with Gasteiger partial charge in [-0.05, 0) is 29.3 Å². The van der Waals surface area contributed by atoms with Gasteiger partial charge in [0.2, 0.25) is 0 Å². The zero-order valence-electron chi connectivity index (χ0n) is 12.4. The Morgan fingerprint density at radius 3 is 1.89 bits per heavy atom. The minimum atomic E-state index is -2.26. The number of hydrogen-bond acceptors (Lipinski definition) is 3. The van der Waals surface area contributed by atoms with Crippen LogP contribution in [0, 0.1) is 5.92 Å². The van der Waals surface area contributed by atoms with Gasteiger partial charge in [0.1, 0.15) is 0 Å². The van der Waals surface area contributed by atoms with Crippen molar-refractivity contribution < 1.29 is 8.85 Å². The van der Waals surface area contributed by atoms with E-state index in [-0.39, 0.29) is 0 Å². The lowest BCUT2D eigenvalue weighted by Crippen LogP contribution is -2.53. The van der Waals surface area contributed by atoms with Gasteiger partial charge in [-0.3, -0.25) is 0 Å². The zero-order valence-corrected chi connectivity index (χ0v) is 13.4. The van der Waals surface area contributed by atoms with Crippen molar-refractivity contribution in [3.8, 4) is 0 Å². The summed E-state index contributed by atoms with van der Waals surface area (Å²) in [6.07, 6.45) is 0. The second-order valence-corrected chi connectivity index (χ2v) is 8.51. The van der Waals surface area contributed by atoms with Crippen LogP contribution in [0.15, 0.2) is 24.3 Å². The molecule has 0 aliphatic carbocycles. The molecule has 0 unspecified atom stereocenters. The monoisotopic (exact) mass is 267 g/mol. The molecule has 0 N–H and O–H groups in total. The summed E-state index contributed by atoms with van der Waals surface area (Å²) < 4.78 is 11.6. The molecule has 0 fully saturated rings. The molecule has 18 heavy (non-hydrogen) atoms. The standard InChI is InChI=1S/C14H25NO2Si/c1-12(2)11-18(16-5,17-6)14-9-7-13(8-10-14)15(3)4/h7-10,12H,11H2,1-6H3. The summed E-state index contributed by atoms with van der Waals surface area (Å²) in [5, 5.41) is 1.20. The van der Waals surface area contributed by atoms with Gasteiger partial charge < -0.3 is 13.8 Å². The van der Waals surface area contributed by atoms with Gasteiger partial charge in [-0.15, -0.1) is 0 Å². The Balaban J connectivity index is 3.05. The van der Waals surface area contributed by atoms with E-state index in [1.165, 1.54) is 10.9 Å². The molecule has 1 aromatic rings. The van der Waals surface area contributed by atoms with Crippen LogP contribution in [0.3, 0.4) is 0 Å². The molecule has 0 saturated heterocycles. The van der Waals surface area contributed by atoms with Crippen LogP contribution in [0.2, 0.25) is 6.04 Å². The normalized spacial score (nSPS) is 11.9. The first kappa shape index (κ1) is 15.2. The van der Waals surface area contributed by atoms with Crippen molar-refractivity contribution >= 4 is 19.4 Å². The predicted molar refractivity (Wildman–Crippen MR) is 79.8 cm³/mol. The fraction of sp³-hybridized carbons (Fsp3) is 0.571. The Morgan fingerprint density at radius 1 is 1.06 bits per heavy atom. The molecule has 3 nitrogen and oxygen atoms in total. The maximum atomic E-state index is 5.79. The van der Waals surface area contributed by atoms with Gasteiger partial charge >= 0.3 is 8.56 Å². The highest BCUT2D eigenvalue weighted by atomic mass is 28.4. The second kappa shape index (κ2) is 6.36. The SMILES string of the molecule is CO[Si](CC(C)C)(OC)c1ccc(N(C)C)cc1. The minimum absolute atomic E-state index is 0.560. The van der Waals surface area contributed by atoms with E-state index in [0.717, 1.165) is 6.04 Å². The molecule has 0 spiro atoms. The Hall–Kier alpha value is -0.843. The first-order chi connectivity index (χ1) is 8.45. The number of nitrogens with zero attached hydrogens (tertiary/aromatic N) is 1. The van der Waals surface area contributed by atoms with Crippen LogP contribution in [0.25, 0.3) is 0 Å². The molecule has 0 saturated carbocycles. The van der Waals surface area contributed by atoms with E-state index in [9.17, 15) is 0 Å². The van der Waals surface area contributed by atoms with Gasteiger partial charge in [-0.2, -0.15) is 0 Å². The lowest BCUT2D eigenvalue weighted by Gasteiger charge is -2.29. The minimum Gasteiger partial charge on any atom is -0.394 e. The van der Waals surface area contributed by atoms with Gasteiger partial charge in [-0.25, -0.2) is 0 Å². The Labute approximate surface area is 112 Å². The van der Waals surface area contributed by atoms with E-state index in [4.69, 9.17) is 8.85 Å². The highest BCUT2D eigenvalue weighted by Crippen LogP contribution is 2.19. The Kier molecular flexibility index (Phi) is 5.38.